The second kappa shape index (κ2) is 16.8. The van der Waals surface area contributed by atoms with Gasteiger partial charge in [0.15, 0.2) is 0 Å². The Bertz CT molecular complexity index is 1840. The molecular weight excluding hydrogens is 705 g/mol. The highest BCUT2D eigenvalue weighted by Gasteiger charge is 2.36. The fraction of sp³-hybridized carbons (Fsp3) is 0.297. The van der Waals surface area contributed by atoms with Gasteiger partial charge in [0.2, 0.25) is 11.8 Å². The predicted molar refractivity (Wildman–Crippen MR) is 195 cm³/mol. The van der Waals surface area contributed by atoms with Gasteiger partial charge in [0, 0.05) is 34.1 Å². The molecule has 0 aromatic heterocycles. The normalized spacial score (nSPS) is 13.9. The summed E-state index contributed by atoms with van der Waals surface area (Å²) < 4.78 is 35.1. The Balaban J connectivity index is 1.58. The molecule has 49 heavy (non-hydrogen) atoms. The van der Waals surface area contributed by atoms with Gasteiger partial charge in [-0.25, -0.2) is 8.42 Å². The number of nitrogens with zero attached hydrogens (tertiary/aromatic N) is 2. The van der Waals surface area contributed by atoms with E-state index in [4.69, 9.17) is 39.5 Å². The van der Waals surface area contributed by atoms with Crippen molar-refractivity contribution in [2.24, 2.45) is 0 Å². The van der Waals surface area contributed by atoms with Crippen LogP contribution >= 0.6 is 34.8 Å². The summed E-state index contributed by atoms with van der Waals surface area (Å²) in [5, 5.41) is 4.27. The van der Waals surface area contributed by atoms with Crippen molar-refractivity contribution in [2.45, 2.75) is 62.6 Å². The average Bonchev–Trinajstić information content (AvgIpc) is 3.60. The van der Waals surface area contributed by atoms with Crippen LogP contribution in [0.5, 0.6) is 5.75 Å². The quantitative estimate of drug-likeness (QED) is 0.142. The van der Waals surface area contributed by atoms with Crippen LogP contribution in [0.3, 0.4) is 0 Å². The summed E-state index contributed by atoms with van der Waals surface area (Å²) in [6.07, 6.45) is 3.93. The minimum atomic E-state index is -4.29. The van der Waals surface area contributed by atoms with E-state index in [1.165, 1.54) is 29.2 Å². The standard InChI is InChI=1S/C37H38Cl3N3O5S/c1-2-48-32-18-16-31(17-19-32)43(49(46,47)33-20-14-28(38)15-21-33)25-36(44)42(24-27-12-13-29(39)23-34(27)40)35(22-26-8-4-3-5-9-26)37(45)41-30-10-6-7-11-30/h3-5,8-9,12-21,23,30,35H,2,6-7,10-11,22,24-25H2,1H3,(H,41,45)/t35-/m1/s1. The molecule has 0 saturated heterocycles. The highest BCUT2D eigenvalue weighted by atomic mass is 35.5. The van der Waals surface area contributed by atoms with E-state index in [0.717, 1.165) is 35.6 Å². The van der Waals surface area contributed by atoms with Gasteiger partial charge in [0.1, 0.15) is 18.3 Å². The molecule has 5 rings (SSSR count). The first-order chi connectivity index (χ1) is 23.5. The number of ether oxygens (including phenoxy) is 1. The molecule has 0 unspecified atom stereocenters. The third-order valence-electron chi connectivity index (χ3n) is 8.44. The summed E-state index contributed by atoms with van der Waals surface area (Å²) in [6.45, 7) is 1.60. The first kappa shape index (κ1) is 36.5. The number of hydrogen-bond donors (Lipinski definition) is 1. The summed E-state index contributed by atoms with van der Waals surface area (Å²) in [5.41, 5.74) is 1.64. The number of halogens is 3. The van der Waals surface area contributed by atoms with Crippen molar-refractivity contribution in [3.05, 3.63) is 123 Å². The molecule has 4 aromatic carbocycles. The van der Waals surface area contributed by atoms with Crippen molar-refractivity contribution >= 4 is 62.3 Å². The van der Waals surface area contributed by atoms with Gasteiger partial charge < -0.3 is 15.0 Å². The van der Waals surface area contributed by atoms with Crippen LogP contribution in [0.15, 0.2) is 102 Å². The second-order valence-corrected chi connectivity index (χ2v) is 15.0. The van der Waals surface area contributed by atoms with E-state index < -0.39 is 28.5 Å². The molecule has 2 amide bonds. The van der Waals surface area contributed by atoms with E-state index in [0.29, 0.717) is 33.0 Å². The lowest BCUT2D eigenvalue weighted by Gasteiger charge is -2.34. The number of benzene rings is 4. The molecule has 0 spiro atoms. The van der Waals surface area contributed by atoms with Crippen molar-refractivity contribution in [1.29, 1.82) is 0 Å². The predicted octanol–water partition coefficient (Wildman–Crippen LogP) is 7.94. The van der Waals surface area contributed by atoms with Crippen LogP contribution in [-0.2, 0) is 32.6 Å². The number of carbonyl (C=O) groups is 2. The summed E-state index contributed by atoms with van der Waals surface area (Å²) in [5.74, 6) is -0.366. The minimum Gasteiger partial charge on any atom is -0.494 e. The molecule has 0 radical (unpaired) electrons. The van der Waals surface area contributed by atoms with Crippen LogP contribution in [0.4, 0.5) is 5.69 Å². The van der Waals surface area contributed by atoms with Gasteiger partial charge >= 0.3 is 0 Å². The monoisotopic (exact) mass is 741 g/mol. The number of amides is 2. The molecule has 1 aliphatic carbocycles. The van der Waals surface area contributed by atoms with Gasteiger partial charge in [-0.1, -0.05) is 84.0 Å². The molecule has 0 bridgehead atoms. The van der Waals surface area contributed by atoms with Gasteiger partial charge in [-0.05, 0) is 91.6 Å². The molecule has 258 valence electrons. The van der Waals surface area contributed by atoms with E-state index in [-0.39, 0.29) is 35.5 Å². The van der Waals surface area contributed by atoms with Crippen LogP contribution in [0, 0.1) is 0 Å². The molecule has 0 aliphatic heterocycles. The number of carbonyl (C=O) groups excluding carboxylic acids is 2. The Kier molecular flexibility index (Phi) is 12.5. The first-order valence-electron chi connectivity index (χ1n) is 16.1. The minimum absolute atomic E-state index is 0.00696. The van der Waals surface area contributed by atoms with Crippen molar-refractivity contribution in [3.63, 3.8) is 0 Å². The lowest BCUT2D eigenvalue weighted by molar-refractivity contribution is -0.140. The molecule has 1 N–H and O–H groups in total. The Hall–Kier alpha value is -3.76. The third kappa shape index (κ3) is 9.48. The molecule has 1 aliphatic rings. The van der Waals surface area contributed by atoms with E-state index in [1.54, 1.807) is 42.5 Å². The van der Waals surface area contributed by atoms with Crippen molar-refractivity contribution in [1.82, 2.24) is 10.2 Å². The molecule has 12 heteroatoms. The zero-order chi connectivity index (χ0) is 35.0. The van der Waals surface area contributed by atoms with Crippen LogP contribution in [-0.4, -0.2) is 50.4 Å². The molecule has 0 heterocycles. The highest BCUT2D eigenvalue weighted by molar-refractivity contribution is 7.92. The number of hydrogen-bond acceptors (Lipinski definition) is 5. The first-order valence-corrected chi connectivity index (χ1v) is 18.7. The molecular formula is C37H38Cl3N3O5S. The Morgan fingerprint density at radius 3 is 2.16 bits per heavy atom. The lowest BCUT2D eigenvalue weighted by atomic mass is 10.0. The van der Waals surface area contributed by atoms with Crippen LogP contribution < -0.4 is 14.4 Å². The number of sulfonamides is 1. The summed E-state index contributed by atoms with van der Waals surface area (Å²) in [7, 11) is -4.29. The van der Waals surface area contributed by atoms with Gasteiger partial charge in [0.25, 0.3) is 10.0 Å². The molecule has 1 fully saturated rings. The molecule has 4 aromatic rings. The largest absolute Gasteiger partial charge is 0.494 e. The Morgan fingerprint density at radius 1 is 0.878 bits per heavy atom. The Labute approximate surface area is 303 Å². The topological polar surface area (TPSA) is 96.0 Å². The van der Waals surface area contributed by atoms with Gasteiger partial charge in [-0.2, -0.15) is 0 Å². The molecule has 8 nitrogen and oxygen atoms in total. The van der Waals surface area contributed by atoms with Gasteiger partial charge in [-0.15, -0.1) is 0 Å². The fourth-order valence-electron chi connectivity index (χ4n) is 5.89. The summed E-state index contributed by atoms with van der Waals surface area (Å²) in [4.78, 5) is 30.2. The smallest absolute Gasteiger partial charge is 0.264 e. The number of rotatable bonds is 14. The third-order valence-corrected chi connectivity index (χ3v) is 11.1. The Morgan fingerprint density at radius 2 is 1.53 bits per heavy atom. The average molecular weight is 743 g/mol. The van der Waals surface area contributed by atoms with Gasteiger partial charge in [0.05, 0.1) is 17.2 Å². The van der Waals surface area contributed by atoms with E-state index in [9.17, 15) is 18.0 Å². The van der Waals surface area contributed by atoms with E-state index >= 15 is 0 Å². The number of nitrogens with one attached hydrogen (secondary N) is 1. The fourth-order valence-corrected chi connectivity index (χ4v) is 7.90. The van der Waals surface area contributed by atoms with E-state index in [1.807, 2.05) is 37.3 Å². The SMILES string of the molecule is CCOc1ccc(N(CC(=O)N(Cc2ccc(Cl)cc2Cl)[C@H](Cc2ccccc2)C(=O)NC2CCCC2)S(=O)(=O)c2ccc(Cl)cc2)cc1. The van der Waals surface area contributed by atoms with Crippen LogP contribution in [0.1, 0.15) is 43.7 Å². The summed E-state index contributed by atoms with van der Waals surface area (Å²) >= 11 is 18.9. The van der Waals surface area contributed by atoms with Gasteiger partial charge in [-0.3, -0.25) is 13.9 Å². The number of anilines is 1. The van der Waals surface area contributed by atoms with Crippen LogP contribution in [0.2, 0.25) is 15.1 Å². The zero-order valence-electron chi connectivity index (χ0n) is 27.0. The van der Waals surface area contributed by atoms with Crippen molar-refractivity contribution < 1.29 is 22.7 Å². The lowest BCUT2D eigenvalue weighted by Crippen LogP contribution is -2.54. The second-order valence-electron chi connectivity index (χ2n) is 11.8. The molecule has 1 atom stereocenters. The van der Waals surface area contributed by atoms with Crippen molar-refractivity contribution in [2.75, 3.05) is 17.5 Å². The highest BCUT2D eigenvalue weighted by Crippen LogP contribution is 2.29. The van der Waals surface area contributed by atoms with Crippen molar-refractivity contribution in [3.8, 4) is 5.75 Å². The maximum absolute atomic E-state index is 14.7. The zero-order valence-corrected chi connectivity index (χ0v) is 30.1. The summed E-state index contributed by atoms with van der Waals surface area (Å²) in [6, 6.07) is 25.5. The molecule has 1 saturated carbocycles. The van der Waals surface area contributed by atoms with Crippen LogP contribution in [0.25, 0.3) is 0 Å². The maximum atomic E-state index is 14.7. The van der Waals surface area contributed by atoms with E-state index in [2.05, 4.69) is 5.32 Å². The maximum Gasteiger partial charge on any atom is 0.264 e.